The van der Waals surface area contributed by atoms with Crippen molar-refractivity contribution in [2.24, 2.45) is 0 Å². The zero-order chi connectivity index (χ0) is 14.8. The number of hydrogen-bond acceptors (Lipinski definition) is 6. The Morgan fingerprint density at radius 2 is 2.30 bits per heavy atom. The van der Waals surface area contributed by atoms with Gasteiger partial charge in [0.2, 0.25) is 0 Å². The highest BCUT2D eigenvalue weighted by molar-refractivity contribution is 7.91. The molecule has 5 nitrogen and oxygen atoms in total. The third kappa shape index (κ3) is 4.51. The van der Waals surface area contributed by atoms with E-state index >= 15 is 0 Å². The SMILES string of the molecule is CC(C)NCc1nc(CN2CCS(=O)(=O)CC2C)cs1. The van der Waals surface area contributed by atoms with Crippen molar-refractivity contribution in [1.29, 1.82) is 0 Å². The van der Waals surface area contributed by atoms with E-state index in [0.29, 0.717) is 12.6 Å². The molecule has 0 aliphatic carbocycles. The quantitative estimate of drug-likeness (QED) is 0.886. The minimum absolute atomic E-state index is 0.0766. The Morgan fingerprint density at radius 1 is 1.55 bits per heavy atom. The topological polar surface area (TPSA) is 62.3 Å². The Bertz CT molecular complexity index is 540. The van der Waals surface area contributed by atoms with E-state index in [0.717, 1.165) is 23.8 Å². The average molecular weight is 317 g/mol. The number of rotatable bonds is 5. The van der Waals surface area contributed by atoms with Crippen molar-refractivity contribution in [3.05, 3.63) is 16.1 Å². The largest absolute Gasteiger partial charge is 0.308 e. The summed E-state index contributed by atoms with van der Waals surface area (Å²) in [4.78, 5) is 6.82. The molecule has 114 valence electrons. The third-order valence-electron chi connectivity index (χ3n) is 3.43. The summed E-state index contributed by atoms with van der Waals surface area (Å²) >= 11 is 1.66. The van der Waals surface area contributed by atoms with Gasteiger partial charge in [-0.15, -0.1) is 11.3 Å². The molecule has 0 bridgehead atoms. The molecule has 0 saturated carbocycles. The van der Waals surface area contributed by atoms with Crippen LogP contribution in [-0.4, -0.2) is 48.4 Å². The lowest BCUT2D eigenvalue weighted by atomic mass is 10.3. The Kier molecular flexibility index (Phi) is 5.17. The lowest BCUT2D eigenvalue weighted by molar-refractivity contribution is 0.216. The van der Waals surface area contributed by atoms with E-state index < -0.39 is 9.84 Å². The van der Waals surface area contributed by atoms with Gasteiger partial charge in [0.1, 0.15) is 5.01 Å². The number of nitrogens with zero attached hydrogens (tertiary/aromatic N) is 2. The van der Waals surface area contributed by atoms with Crippen LogP contribution in [0.25, 0.3) is 0 Å². The van der Waals surface area contributed by atoms with Crippen LogP contribution in [0.15, 0.2) is 5.38 Å². The second-order valence-corrected chi connectivity index (χ2v) is 8.87. The van der Waals surface area contributed by atoms with Crippen LogP contribution in [0.1, 0.15) is 31.5 Å². The van der Waals surface area contributed by atoms with Crippen molar-refractivity contribution >= 4 is 21.2 Å². The number of nitrogens with one attached hydrogen (secondary N) is 1. The summed E-state index contributed by atoms with van der Waals surface area (Å²) in [7, 11) is -2.84. The Hall–Kier alpha value is -0.500. The van der Waals surface area contributed by atoms with Crippen molar-refractivity contribution in [3.63, 3.8) is 0 Å². The molecule has 1 aliphatic heterocycles. The summed E-state index contributed by atoms with van der Waals surface area (Å²) in [6.45, 7) is 8.36. The van der Waals surface area contributed by atoms with Crippen LogP contribution in [0.4, 0.5) is 0 Å². The van der Waals surface area contributed by atoms with Crippen LogP contribution in [0, 0.1) is 0 Å². The summed E-state index contributed by atoms with van der Waals surface area (Å²) < 4.78 is 23.1. The fraction of sp³-hybridized carbons (Fsp3) is 0.769. The molecule has 1 fully saturated rings. The summed E-state index contributed by atoms with van der Waals surface area (Å²) in [5, 5.41) is 6.52. The Morgan fingerprint density at radius 3 is 2.95 bits per heavy atom. The zero-order valence-electron chi connectivity index (χ0n) is 12.3. The van der Waals surface area contributed by atoms with Gasteiger partial charge in [-0.05, 0) is 6.92 Å². The standard InChI is InChI=1S/C13H23N3O2S2/c1-10(2)14-6-13-15-12(8-19-13)7-16-4-5-20(17,18)9-11(16)3/h8,10-11,14H,4-7,9H2,1-3H3. The molecular weight excluding hydrogens is 294 g/mol. The molecule has 1 saturated heterocycles. The number of aromatic nitrogens is 1. The van der Waals surface area contributed by atoms with E-state index in [-0.39, 0.29) is 17.5 Å². The van der Waals surface area contributed by atoms with E-state index in [4.69, 9.17) is 0 Å². The van der Waals surface area contributed by atoms with Gasteiger partial charge in [0.15, 0.2) is 9.84 Å². The van der Waals surface area contributed by atoms with Crippen LogP contribution in [-0.2, 0) is 22.9 Å². The molecule has 1 N–H and O–H groups in total. The van der Waals surface area contributed by atoms with Crippen molar-refractivity contribution in [3.8, 4) is 0 Å². The molecule has 1 aromatic rings. The highest BCUT2D eigenvalue weighted by Gasteiger charge is 2.28. The van der Waals surface area contributed by atoms with Gasteiger partial charge in [0, 0.05) is 37.1 Å². The van der Waals surface area contributed by atoms with Crippen molar-refractivity contribution in [1.82, 2.24) is 15.2 Å². The number of hydrogen-bond donors (Lipinski definition) is 1. The van der Waals surface area contributed by atoms with E-state index in [2.05, 4.69) is 34.4 Å². The summed E-state index contributed by atoms with van der Waals surface area (Å²) in [6, 6.07) is 0.530. The first-order valence-electron chi connectivity index (χ1n) is 6.97. The molecule has 7 heteroatoms. The van der Waals surface area contributed by atoms with Crippen LogP contribution in [0.2, 0.25) is 0 Å². The van der Waals surface area contributed by atoms with Gasteiger partial charge in [-0.3, -0.25) is 4.90 Å². The van der Waals surface area contributed by atoms with Gasteiger partial charge in [-0.2, -0.15) is 0 Å². The highest BCUT2D eigenvalue weighted by Crippen LogP contribution is 2.17. The van der Waals surface area contributed by atoms with Gasteiger partial charge in [-0.1, -0.05) is 13.8 Å². The minimum Gasteiger partial charge on any atom is -0.308 e. The van der Waals surface area contributed by atoms with Crippen LogP contribution >= 0.6 is 11.3 Å². The molecule has 1 atom stereocenters. The summed E-state index contributed by atoms with van der Waals surface area (Å²) in [5.74, 6) is 0.530. The van der Waals surface area contributed by atoms with E-state index in [1.165, 1.54) is 0 Å². The number of thiazole rings is 1. The molecule has 1 unspecified atom stereocenters. The van der Waals surface area contributed by atoms with E-state index in [1.54, 1.807) is 11.3 Å². The van der Waals surface area contributed by atoms with E-state index in [1.807, 2.05) is 6.92 Å². The fourth-order valence-corrected chi connectivity index (χ4v) is 4.63. The monoisotopic (exact) mass is 317 g/mol. The molecule has 0 aromatic carbocycles. The van der Waals surface area contributed by atoms with Gasteiger partial charge >= 0.3 is 0 Å². The molecule has 0 spiro atoms. The Labute approximate surface area is 125 Å². The summed E-state index contributed by atoms with van der Waals surface area (Å²) in [5.41, 5.74) is 1.04. The number of sulfone groups is 1. The molecule has 20 heavy (non-hydrogen) atoms. The van der Waals surface area contributed by atoms with Gasteiger partial charge in [0.05, 0.1) is 17.2 Å². The molecule has 2 rings (SSSR count). The summed E-state index contributed by atoms with van der Waals surface area (Å²) in [6.07, 6.45) is 0. The molecular formula is C13H23N3O2S2. The highest BCUT2D eigenvalue weighted by atomic mass is 32.2. The van der Waals surface area contributed by atoms with Crippen LogP contribution in [0.3, 0.4) is 0 Å². The average Bonchev–Trinajstić information content (AvgIpc) is 2.77. The lowest BCUT2D eigenvalue weighted by Crippen LogP contribution is -2.46. The minimum atomic E-state index is -2.84. The molecule has 0 amide bonds. The van der Waals surface area contributed by atoms with Gasteiger partial charge in [-0.25, -0.2) is 13.4 Å². The van der Waals surface area contributed by atoms with Crippen LogP contribution in [0.5, 0.6) is 0 Å². The van der Waals surface area contributed by atoms with Crippen molar-refractivity contribution in [2.45, 2.75) is 45.9 Å². The molecule has 0 radical (unpaired) electrons. The van der Waals surface area contributed by atoms with E-state index in [9.17, 15) is 8.42 Å². The Balaban J connectivity index is 1.90. The third-order valence-corrected chi connectivity index (χ3v) is 6.13. The second kappa shape index (κ2) is 6.51. The van der Waals surface area contributed by atoms with Gasteiger partial charge < -0.3 is 5.32 Å². The maximum absolute atomic E-state index is 11.6. The van der Waals surface area contributed by atoms with Crippen molar-refractivity contribution < 1.29 is 8.42 Å². The first-order valence-corrected chi connectivity index (χ1v) is 9.67. The molecule has 1 aliphatic rings. The maximum Gasteiger partial charge on any atom is 0.153 e. The lowest BCUT2D eigenvalue weighted by Gasteiger charge is -2.32. The fourth-order valence-electron chi connectivity index (χ4n) is 2.27. The smallest absolute Gasteiger partial charge is 0.153 e. The maximum atomic E-state index is 11.6. The van der Waals surface area contributed by atoms with Crippen molar-refractivity contribution in [2.75, 3.05) is 18.1 Å². The normalized spacial score (nSPS) is 23.3. The predicted molar refractivity (Wildman–Crippen MR) is 82.6 cm³/mol. The first-order chi connectivity index (χ1) is 9.35. The van der Waals surface area contributed by atoms with Crippen LogP contribution < -0.4 is 5.32 Å². The first kappa shape index (κ1) is 15.9. The second-order valence-electron chi connectivity index (χ2n) is 5.70. The molecule has 2 heterocycles. The zero-order valence-corrected chi connectivity index (χ0v) is 13.9. The molecule has 1 aromatic heterocycles. The predicted octanol–water partition coefficient (Wildman–Crippen LogP) is 1.26. The van der Waals surface area contributed by atoms with Gasteiger partial charge in [0.25, 0.3) is 0 Å².